The van der Waals surface area contributed by atoms with E-state index in [-0.39, 0.29) is 10.6 Å². The molecule has 0 atom stereocenters. The maximum absolute atomic E-state index is 13.1. The summed E-state index contributed by atoms with van der Waals surface area (Å²) in [7, 11) is -7.34. The van der Waals surface area contributed by atoms with Gasteiger partial charge in [-0.2, -0.15) is 0 Å². The van der Waals surface area contributed by atoms with Crippen LogP contribution in [0.2, 0.25) is 0 Å². The van der Waals surface area contributed by atoms with Crippen LogP contribution < -0.4 is 14.3 Å². The Labute approximate surface area is 187 Å². The Morgan fingerprint density at radius 2 is 1.66 bits per heavy atom. The van der Waals surface area contributed by atoms with Gasteiger partial charge in [0, 0.05) is 11.1 Å². The number of rotatable bonds is 7. The van der Waals surface area contributed by atoms with Crippen LogP contribution in [-0.4, -0.2) is 35.0 Å². The van der Waals surface area contributed by atoms with Crippen molar-refractivity contribution in [2.75, 3.05) is 26.6 Å². The monoisotopic (exact) mass is 473 g/mol. The first-order valence-corrected chi connectivity index (χ1v) is 13.2. The van der Waals surface area contributed by atoms with Gasteiger partial charge in [0.2, 0.25) is 15.9 Å². The van der Waals surface area contributed by atoms with Crippen molar-refractivity contribution in [3.63, 3.8) is 0 Å². The molecule has 1 amide bonds. The van der Waals surface area contributed by atoms with Gasteiger partial charge in [-0.1, -0.05) is 37.3 Å². The van der Waals surface area contributed by atoms with Crippen molar-refractivity contribution < 1.29 is 21.6 Å². The van der Waals surface area contributed by atoms with E-state index in [2.05, 4.69) is 10.0 Å². The zero-order chi connectivity index (χ0) is 23.1. The Morgan fingerprint density at radius 1 is 1.00 bits per heavy atom. The normalized spacial score (nSPS) is 14.5. The van der Waals surface area contributed by atoms with E-state index in [0.29, 0.717) is 34.4 Å². The highest BCUT2D eigenvalue weighted by Gasteiger charge is 2.36. The highest BCUT2D eigenvalue weighted by Crippen LogP contribution is 2.41. The Bertz CT molecular complexity index is 1430. The minimum absolute atomic E-state index is 0.0120. The van der Waals surface area contributed by atoms with E-state index in [1.54, 1.807) is 50.2 Å². The molecule has 0 saturated heterocycles. The third kappa shape index (κ3) is 3.91. The fourth-order valence-electron chi connectivity index (χ4n) is 3.82. The molecule has 1 aliphatic rings. The molecule has 0 fully saturated rings. The number of carbonyl (C=O) groups is 1. The topological polar surface area (TPSA) is 113 Å². The van der Waals surface area contributed by atoms with Crippen LogP contribution in [0.5, 0.6) is 0 Å². The minimum Gasteiger partial charge on any atom is -0.324 e. The van der Waals surface area contributed by atoms with Gasteiger partial charge in [0.25, 0.3) is 10.0 Å². The summed E-state index contributed by atoms with van der Waals surface area (Å²) < 4.78 is 54.0. The van der Waals surface area contributed by atoms with E-state index in [1.807, 2.05) is 12.1 Å². The minimum atomic E-state index is -3.85. The van der Waals surface area contributed by atoms with Gasteiger partial charge < -0.3 is 5.32 Å². The molecule has 3 aromatic rings. The molecule has 0 saturated carbocycles. The summed E-state index contributed by atoms with van der Waals surface area (Å²) in [5.74, 6) is -0.544. The molecule has 1 aliphatic heterocycles. The zero-order valence-corrected chi connectivity index (χ0v) is 19.3. The van der Waals surface area contributed by atoms with Gasteiger partial charge in [0.05, 0.1) is 22.0 Å². The predicted molar refractivity (Wildman–Crippen MR) is 126 cm³/mol. The number of nitrogens with one attached hydrogen (secondary N) is 2. The summed E-state index contributed by atoms with van der Waals surface area (Å²) in [6.07, 6.45) is 0.476. The molecule has 10 heteroatoms. The molecule has 8 nitrogen and oxygen atoms in total. The van der Waals surface area contributed by atoms with Crippen molar-refractivity contribution in [3.05, 3.63) is 60.2 Å². The van der Waals surface area contributed by atoms with Crippen molar-refractivity contribution in [2.24, 2.45) is 0 Å². The Kier molecular flexibility index (Phi) is 5.59. The van der Waals surface area contributed by atoms with Crippen molar-refractivity contribution >= 4 is 53.8 Å². The average molecular weight is 474 g/mol. The number of carbonyl (C=O) groups excluding carboxylic acids is 1. The van der Waals surface area contributed by atoms with Gasteiger partial charge >= 0.3 is 0 Å². The molecule has 0 unspecified atom stereocenters. The van der Waals surface area contributed by atoms with Crippen molar-refractivity contribution in [2.45, 2.75) is 25.2 Å². The fraction of sp³-hybridized carbons (Fsp3) is 0.227. The first kappa shape index (κ1) is 22.1. The zero-order valence-electron chi connectivity index (χ0n) is 17.6. The number of benzene rings is 3. The number of nitrogens with zero attached hydrogens (tertiary/aromatic N) is 1. The van der Waals surface area contributed by atoms with E-state index in [4.69, 9.17) is 0 Å². The molecular formula is C22H23N3O5S2. The van der Waals surface area contributed by atoms with Crippen LogP contribution >= 0.6 is 0 Å². The van der Waals surface area contributed by atoms with Crippen LogP contribution in [0.1, 0.15) is 18.9 Å². The van der Waals surface area contributed by atoms with E-state index in [1.165, 1.54) is 6.07 Å². The number of amides is 1. The Morgan fingerprint density at radius 3 is 2.38 bits per heavy atom. The number of hydrogen-bond donors (Lipinski definition) is 2. The van der Waals surface area contributed by atoms with Gasteiger partial charge in [-0.3, -0.25) is 13.8 Å². The summed E-state index contributed by atoms with van der Waals surface area (Å²) in [5, 5.41) is 4.10. The first-order chi connectivity index (χ1) is 15.1. The second kappa shape index (κ2) is 8.10. The Balaban J connectivity index is 1.58. The molecule has 32 heavy (non-hydrogen) atoms. The number of anilines is 3. The molecule has 0 aliphatic carbocycles. The van der Waals surface area contributed by atoms with Crippen LogP contribution in [0.3, 0.4) is 0 Å². The molecule has 2 N–H and O–H groups in total. The standard InChI is InChI=1S/C22H23N3O5S2/c1-3-13-31(27,28)24-18-10-6-9-17(15(18)2)23-21(26)14-25-19-11-4-7-16-8-5-12-20(22(16)19)32(25,29)30/h4-12,24H,3,13-14H2,1-2H3,(H,23,26). The van der Waals surface area contributed by atoms with E-state index < -0.39 is 32.5 Å². The van der Waals surface area contributed by atoms with Crippen LogP contribution in [0, 0.1) is 6.92 Å². The molecule has 0 bridgehead atoms. The van der Waals surface area contributed by atoms with Gasteiger partial charge in [-0.05, 0) is 48.6 Å². The largest absolute Gasteiger partial charge is 0.324 e. The third-order valence-corrected chi connectivity index (χ3v) is 8.59. The Hall–Kier alpha value is -3.11. The summed E-state index contributed by atoms with van der Waals surface area (Å²) in [4.78, 5) is 13.0. The molecule has 0 spiro atoms. The maximum Gasteiger partial charge on any atom is 0.265 e. The summed E-state index contributed by atoms with van der Waals surface area (Å²) in [5.41, 5.74) is 1.77. The fourth-order valence-corrected chi connectivity index (χ4v) is 6.68. The first-order valence-electron chi connectivity index (χ1n) is 10.1. The van der Waals surface area contributed by atoms with Crippen LogP contribution in [0.15, 0.2) is 59.5 Å². The average Bonchev–Trinajstić information content (AvgIpc) is 2.94. The van der Waals surface area contributed by atoms with Gasteiger partial charge in [0.15, 0.2) is 0 Å². The summed E-state index contributed by atoms with van der Waals surface area (Å²) in [6, 6.07) is 15.2. The lowest BCUT2D eigenvalue weighted by Crippen LogP contribution is -2.35. The van der Waals surface area contributed by atoms with Crippen molar-refractivity contribution in [1.82, 2.24) is 0 Å². The number of hydrogen-bond acceptors (Lipinski definition) is 5. The van der Waals surface area contributed by atoms with Crippen molar-refractivity contribution in [1.29, 1.82) is 0 Å². The second-order valence-electron chi connectivity index (χ2n) is 7.59. The lowest BCUT2D eigenvalue weighted by atomic mass is 10.1. The van der Waals surface area contributed by atoms with Crippen LogP contribution in [-0.2, 0) is 24.8 Å². The molecule has 168 valence electrons. The van der Waals surface area contributed by atoms with Gasteiger partial charge in [-0.25, -0.2) is 16.8 Å². The molecule has 4 rings (SSSR count). The smallest absolute Gasteiger partial charge is 0.265 e. The molecule has 1 heterocycles. The third-order valence-electron chi connectivity index (χ3n) is 5.31. The number of sulfonamides is 2. The highest BCUT2D eigenvalue weighted by molar-refractivity contribution is 7.93. The summed E-state index contributed by atoms with van der Waals surface area (Å²) >= 11 is 0. The molecule has 0 radical (unpaired) electrons. The van der Waals surface area contributed by atoms with Gasteiger partial charge in [0.1, 0.15) is 6.54 Å². The van der Waals surface area contributed by atoms with Crippen LogP contribution in [0.4, 0.5) is 17.1 Å². The van der Waals surface area contributed by atoms with Crippen LogP contribution in [0.25, 0.3) is 10.8 Å². The SMILES string of the molecule is CCCS(=O)(=O)Nc1cccc(NC(=O)CN2c3cccc4cccc(c34)S2(=O)=O)c1C. The van der Waals surface area contributed by atoms with Crippen molar-refractivity contribution in [3.8, 4) is 0 Å². The lowest BCUT2D eigenvalue weighted by Gasteiger charge is -2.19. The lowest BCUT2D eigenvalue weighted by molar-refractivity contribution is -0.114. The van der Waals surface area contributed by atoms with E-state index in [0.717, 1.165) is 9.69 Å². The second-order valence-corrected chi connectivity index (χ2v) is 11.3. The van der Waals surface area contributed by atoms with Gasteiger partial charge in [-0.15, -0.1) is 0 Å². The van der Waals surface area contributed by atoms with E-state index in [9.17, 15) is 21.6 Å². The molecule has 3 aromatic carbocycles. The molecule has 0 aromatic heterocycles. The summed E-state index contributed by atoms with van der Waals surface area (Å²) in [6.45, 7) is 3.05. The van der Waals surface area contributed by atoms with E-state index >= 15 is 0 Å². The quantitative estimate of drug-likeness (QED) is 0.546. The maximum atomic E-state index is 13.1. The highest BCUT2D eigenvalue weighted by atomic mass is 32.2. The predicted octanol–water partition coefficient (Wildman–Crippen LogP) is 3.45. The molecular weight excluding hydrogens is 450 g/mol.